The number of aryl methyl sites for hydroxylation is 1. The largest absolute Gasteiger partial charge is 0.480 e. The average Bonchev–Trinajstić information content (AvgIpc) is 3.38. The Kier molecular flexibility index (Phi) is 7.61. The van der Waals surface area contributed by atoms with Crippen LogP contribution in [0.3, 0.4) is 0 Å². The number of carbonyl (C=O) groups is 2. The summed E-state index contributed by atoms with van der Waals surface area (Å²) in [6.45, 7) is 2.99. The number of amides is 1. The number of hydrogen-bond acceptors (Lipinski definition) is 5. The third kappa shape index (κ3) is 5.80. The number of carboxylic acids is 1. The third-order valence-corrected chi connectivity index (χ3v) is 8.10. The summed E-state index contributed by atoms with van der Waals surface area (Å²) >= 11 is 0. The van der Waals surface area contributed by atoms with Crippen LogP contribution < -0.4 is 5.32 Å². The second-order valence-electron chi connectivity index (χ2n) is 10.7. The predicted octanol–water partition coefficient (Wildman–Crippen LogP) is 4.39. The van der Waals surface area contributed by atoms with Gasteiger partial charge in [-0.05, 0) is 73.8 Å². The van der Waals surface area contributed by atoms with Gasteiger partial charge in [0.1, 0.15) is 11.9 Å². The molecule has 7 nitrogen and oxygen atoms in total. The van der Waals surface area contributed by atoms with E-state index < -0.39 is 23.8 Å². The van der Waals surface area contributed by atoms with E-state index in [0.717, 1.165) is 62.3 Å². The molecule has 204 valence electrons. The summed E-state index contributed by atoms with van der Waals surface area (Å²) in [4.78, 5) is 33.7. The minimum absolute atomic E-state index is 0.0404. The maximum Gasteiger partial charge on any atom is 0.416 e. The molecule has 0 aliphatic carbocycles. The van der Waals surface area contributed by atoms with Crippen molar-refractivity contribution in [3.63, 3.8) is 0 Å². The minimum Gasteiger partial charge on any atom is -0.480 e. The van der Waals surface area contributed by atoms with E-state index in [1.165, 1.54) is 17.7 Å². The number of anilines is 1. The van der Waals surface area contributed by atoms with Gasteiger partial charge in [0, 0.05) is 38.4 Å². The molecule has 38 heavy (non-hydrogen) atoms. The van der Waals surface area contributed by atoms with Crippen LogP contribution in [-0.4, -0.2) is 64.5 Å². The summed E-state index contributed by atoms with van der Waals surface area (Å²) in [7, 11) is 0. The van der Waals surface area contributed by atoms with E-state index in [4.69, 9.17) is 4.98 Å². The Morgan fingerprint density at radius 1 is 1.05 bits per heavy atom. The number of fused-ring (bicyclic) bond motifs is 1. The maximum absolute atomic E-state index is 13.3. The van der Waals surface area contributed by atoms with Crippen molar-refractivity contribution in [1.29, 1.82) is 0 Å². The lowest BCUT2D eigenvalue weighted by Gasteiger charge is -2.34. The first-order chi connectivity index (χ1) is 18.2. The van der Waals surface area contributed by atoms with Crippen LogP contribution in [0.25, 0.3) is 0 Å². The molecule has 0 saturated carbocycles. The Labute approximate surface area is 220 Å². The highest BCUT2D eigenvalue weighted by Crippen LogP contribution is 2.34. The fraction of sp³-hybridized carbons (Fsp3) is 0.536. The molecule has 10 heteroatoms. The van der Waals surface area contributed by atoms with Crippen LogP contribution in [0.4, 0.5) is 19.0 Å². The summed E-state index contributed by atoms with van der Waals surface area (Å²) in [6.07, 6.45) is 0.938. The zero-order valence-electron chi connectivity index (χ0n) is 21.2. The fourth-order valence-corrected chi connectivity index (χ4v) is 5.98. The van der Waals surface area contributed by atoms with Crippen LogP contribution in [0.5, 0.6) is 0 Å². The van der Waals surface area contributed by atoms with Crippen LogP contribution in [-0.2, 0) is 28.6 Å². The van der Waals surface area contributed by atoms with Gasteiger partial charge in [0.05, 0.1) is 11.5 Å². The van der Waals surface area contributed by atoms with E-state index >= 15 is 0 Å². The van der Waals surface area contributed by atoms with Gasteiger partial charge in [-0.15, -0.1) is 0 Å². The van der Waals surface area contributed by atoms with Crippen molar-refractivity contribution < 1.29 is 27.9 Å². The van der Waals surface area contributed by atoms with Crippen LogP contribution in [0.1, 0.15) is 54.1 Å². The van der Waals surface area contributed by atoms with Crippen molar-refractivity contribution in [2.45, 2.75) is 50.7 Å². The molecular formula is C28H33F3N4O3. The van der Waals surface area contributed by atoms with Crippen LogP contribution in [0, 0.1) is 11.8 Å². The van der Waals surface area contributed by atoms with E-state index in [9.17, 15) is 27.9 Å². The van der Waals surface area contributed by atoms with Crippen molar-refractivity contribution >= 4 is 17.7 Å². The molecular weight excluding hydrogens is 497 g/mol. The zero-order chi connectivity index (χ0) is 26.9. The monoisotopic (exact) mass is 530 g/mol. The van der Waals surface area contributed by atoms with Crippen molar-refractivity contribution in [3.05, 3.63) is 58.8 Å². The van der Waals surface area contributed by atoms with Gasteiger partial charge >= 0.3 is 12.1 Å². The maximum atomic E-state index is 13.3. The molecule has 2 N–H and O–H groups in total. The number of nitrogens with one attached hydrogen (secondary N) is 1. The van der Waals surface area contributed by atoms with E-state index in [1.807, 2.05) is 4.90 Å². The fourth-order valence-electron chi connectivity index (χ4n) is 5.98. The van der Waals surface area contributed by atoms with Gasteiger partial charge in [-0.1, -0.05) is 18.2 Å². The molecule has 2 fully saturated rings. The van der Waals surface area contributed by atoms with E-state index in [2.05, 4.69) is 17.4 Å². The molecule has 0 radical (unpaired) electrons. The normalized spacial score (nSPS) is 21.6. The number of pyridine rings is 1. The summed E-state index contributed by atoms with van der Waals surface area (Å²) in [5.41, 5.74) is 1.82. The molecule has 2 aromatic rings. The molecule has 0 spiro atoms. The number of piperidine rings is 1. The van der Waals surface area contributed by atoms with Gasteiger partial charge in [0.2, 0.25) is 5.91 Å². The number of nitrogens with zero attached hydrogens (tertiary/aromatic N) is 3. The highest BCUT2D eigenvalue weighted by Gasteiger charge is 2.39. The second kappa shape index (κ2) is 10.9. The standard InChI is InChI=1S/C28H33F3N4O3/c29-28(30,31)22-6-3-19(4-7-22)24(27(37)38)35-15-11-21(17-35)26(36)34-13-9-18(10-14-34)16-23-8-5-20-2-1-12-32-25(20)33-23/h3-8,18,21,24H,1-2,9-17H2,(H,32,33)(H,37,38)/t21-,24-/m1/s1. The van der Waals surface area contributed by atoms with Gasteiger partial charge in [-0.25, -0.2) is 4.98 Å². The molecule has 3 aliphatic rings. The summed E-state index contributed by atoms with van der Waals surface area (Å²) in [5.74, 6) is 0.0620. The van der Waals surface area contributed by atoms with E-state index in [-0.39, 0.29) is 23.9 Å². The smallest absolute Gasteiger partial charge is 0.416 e. The second-order valence-corrected chi connectivity index (χ2v) is 10.7. The number of alkyl halides is 3. The number of benzene rings is 1. The van der Waals surface area contributed by atoms with Gasteiger partial charge in [-0.3, -0.25) is 14.5 Å². The number of aliphatic carboxylic acids is 1. The zero-order valence-corrected chi connectivity index (χ0v) is 21.2. The lowest BCUT2D eigenvalue weighted by molar-refractivity contribution is -0.144. The predicted molar refractivity (Wildman–Crippen MR) is 136 cm³/mol. The molecule has 5 rings (SSSR count). The van der Waals surface area contributed by atoms with Crippen molar-refractivity contribution in [1.82, 2.24) is 14.8 Å². The van der Waals surface area contributed by atoms with Gasteiger partial charge in [0.15, 0.2) is 0 Å². The van der Waals surface area contributed by atoms with E-state index in [1.54, 1.807) is 4.90 Å². The van der Waals surface area contributed by atoms with Crippen molar-refractivity contribution in [3.8, 4) is 0 Å². The van der Waals surface area contributed by atoms with Crippen LogP contribution >= 0.6 is 0 Å². The van der Waals surface area contributed by atoms with Crippen LogP contribution in [0.15, 0.2) is 36.4 Å². The third-order valence-electron chi connectivity index (χ3n) is 8.10. The molecule has 0 bridgehead atoms. The number of carbonyl (C=O) groups excluding carboxylic acids is 1. The summed E-state index contributed by atoms with van der Waals surface area (Å²) < 4.78 is 38.8. The number of likely N-dealkylation sites (tertiary alicyclic amines) is 2. The Bertz CT molecular complexity index is 1160. The number of aromatic nitrogens is 1. The van der Waals surface area contributed by atoms with E-state index in [0.29, 0.717) is 32.0 Å². The summed E-state index contributed by atoms with van der Waals surface area (Å²) in [5, 5.41) is 13.2. The summed E-state index contributed by atoms with van der Waals surface area (Å²) in [6, 6.07) is 7.45. The lowest BCUT2D eigenvalue weighted by atomic mass is 9.91. The molecule has 1 aromatic heterocycles. The molecule has 0 unspecified atom stereocenters. The number of hydrogen-bond donors (Lipinski definition) is 2. The van der Waals surface area contributed by atoms with Gasteiger partial charge in [0.25, 0.3) is 0 Å². The first-order valence-electron chi connectivity index (χ1n) is 13.3. The highest BCUT2D eigenvalue weighted by molar-refractivity contribution is 5.80. The highest BCUT2D eigenvalue weighted by atomic mass is 19.4. The molecule has 4 heterocycles. The molecule has 2 atom stereocenters. The average molecular weight is 531 g/mol. The first kappa shape index (κ1) is 26.5. The number of carboxylic acid groups (broad SMARTS) is 1. The SMILES string of the molecule is O=C(O)[C@@H](c1ccc(C(F)(F)F)cc1)N1CC[C@@H](C(=O)N2CCC(Cc3ccc4c(n3)NCCC4)CC2)C1. The Morgan fingerprint density at radius 3 is 2.47 bits per heavy atom. The molecule has 1 amide bonds. The topological polar surface area (TPSA) is 85.8 Å². The quantitative estimate of drug-likeness (QED) is 0.577. The lowest BCUT2D eigenvalue weighted by Crippen LogP contribution is -2.43. The van der Waals surface area contributed by atoms with Crippen molar-refractivity contribution in [2.24, 2.45) is 11.8 Å². The van der Waals surface area contributed by atoms with Crippen LogP contribution in [0.2, 0.25) is 0 Å². The van der Waals surface area contributed by atoms with Gasteiger partial charge in [-0.2, -0.15) is 13.2 Å². The Balaban J connectivity index is 1.15. The first-order valence-corrected chi connectivity index (χ1v) is 13.3. The number of halogens is 3. The van der Waals surface area contributed by atoms with Gasteiger partial charge < -0.3 is 15.3 Å². The minimum atomic E-state index is -4.48. The number of rotatable bonds is 6. The Morgan fingerprint density at radius 2 is 1.79 bits per heavy atom. The molecule has 2 saturated heterocycles. The molecule has 1 aromatic carbocycles. The molecule has 3 aliphatic heterocycles. The van der Waals surface area contributed by atoms with Crippen molar-refractivity contribution in [2.75, 3.05) is 38.0 Å². The Hall–Kier alpha value is -3.14.